The predicted octanol–water partition coefficient (Wildman–Crippen LogP) is 13.0. The molecule has 0 saturated heterocycles. The summed E-state index contributed by atoms with van der Waals surface area (Å²) >= 11 is 15.7. The highest BCUT2D eigenvalue weighted by Crippen LogP contribution is 2.37. The molecule has 17 heteroatoms. The zero-order valence-electron chi connectivity index (χ0n) is 40.2. The molecule has 6 aromatic carbocycles. The number of nitriles is 1. The van der Waals surface area contributed by atoms with Crippen LogP contribution in [0.4, 0.5) is 0 Å². The van der Waals surface area contributed by atoms with E-state index in [1.807, 2.05) is 66.7 Å². The van der Waals surface area contributed by atoms with E-state index in [9.17, 15) is 0 Å². The number of amidine groups is 2. The molecule has 0 spiro atoms. The summed E-state index contributed by atoms with van der Waals surface area (Å²) in [6, 6.07) is 44.9. The zero-order valence-corrected chi connectivity index (χ0v) is 48.4. The summed E-state index contributed by atoms with van der Waals surface area (Å²) in [5.41, 5.74) is 16.9. The average molecular weight is 1230 g/mol. The van der Waals surface area contributed by atoms with Crippen molar-refractivity contribution in [3.05, 3.63) is 174 Å². The molecular weight excluding hydrogens is 1160 g/mol. The molecule has 2 aliphatic rings. The van der Waals surface area contributed by atoms with Crippen LogP contribution >= 0.6 is 96.6 Å². The van der Waals surface area contributed by atoms with Crippen LogP contribution in [0.3, 0.4) is 0 Å². The van der Waals surface area contributed by atoms with Gasteiger partial charge < -0.3 is 36.3 Å². The second-order valence-electron chi connectivity index (χ2n) is 15.3. The minimum atomic E-state index is 0. The first-order valence-corrected chi connectivity index (χ1v) is 28.1. The lowest BCUT2D eigenvalue weighted by Crippen LogP contribution is -2.30. The number of aliphatic imine (C=N–C) groups is 2. The third-order valence-corrected chi connectivity index (χ3v) is 15.1. The van der Waals surface area contributed by atoms with Crippen molar-refractivity contribution >= 4 is 108 Å². The van der Waals surface area contributed by atoms with Crippen LogP contribution in [-0.2, 0) is 17.3 Å². The Labute approximate surface area is 465 Å². The maximum Gasteiger partial charge on any atom is 0.132 e. The second-order valence-corrected chi connectivity index (χ2v) is 21.1. The van der Waals surface area contributed by atoms with Crippen LogP contribution in [0.25, 0.3) is 0 Å². The van der Waals surface area contributed by atoms with Crippen molar-refractivity contribution in [2.75, 3.05) is 60.6 Å². The third-order valence-electron chi connectivity index (χ3n) is 10.4. The Balaban J connectivity index is 0.000000220. The van der Waals surface area contributed by atoms with Crippen molar-refractivity contribution in [2.45, 2.75) is 51.2 Å². The first-order valence-electron chi connectivity index (χ1n) is 22.7. The van der Waals surface area contributed by atoms with Gasteiger partial charge in [0.15, 0.2) is 0 Å². The van der Waals surface area contributed by atoms with Gasteiger partial charge in [-0.15, -0.1) is 35.3 Å². The highest BCUT2D eigenvalue weighted by molar-refractivity contribution is 9.11. The fourth-order valence-corrected chi connectivity index (χ4v) is 11.5. The van der Waals surface area contributed by atoms with E-state index in [2.05, 4.69) is 135 Å². The molecule has 0 radical (unpaired) electrons. The van der Waals surface area contributed by atoms with Crippen LogP contribution in [0.1, 0.15) is 52.6 Å². The predicted molar refractivity (Wildman–Crippen MR) is 316 cm³/mol. The Morgan fingerprint density at radius 3 is 1.25 bits per heavy atom. The minimum absolute atomic E-state index is 0. The number of thioether (sulfide) groups is 3. The summed E-state index contributed by atoms with van der Waals surface area (Å²) < 4.78 is 19.4. The van der Waals surface area contributed by atoms with Crippen LogP contribution in [0, 0.1) is 11.3 Å². The van der Waals surface area contributed by atoms with Gasteiger partial charge in [0.1, 0.15) is 28.9 Å². The molecule has 2 aliphatic heterocycles. The highest BCUT2D eigenvalue weighted by atomic mass is 79.9. The Bertz CT molecular complexity index is 2560. The van der Waals surface area contributed by atoms with Crippen molar-refractivity contribution in [1.29, 1.82) is 5.26 Å². The average Bonchev–Trinajstić information content (AvgIpc) is 3.40. The summed E-state index contributed by atoms with van der Waals surface area (Å²) in [5, 5.41) is 15.9. The number of halogens is 3. The molecule has 0 bridgehead atoms. The zero-order chi connectivity index (χ0) is 49.9. The topological polar surface area (TPSA) is 152 Å². The normalized spacial score (nSPS) is 12.4. The standard InChI is InChI=1S/2C18H19BrN2OS.C15H12BrNOS.C3H10N2.H2S/c2*1-22-16-8-7-14(19)11-17(16)23-12-13-5-2-3-6-15(13)18-20-9-4-10-21-18;1-18-14-7-6-13(16)8-15(14)19-10-12-5-3-2-4-11(12)9-17;4-2-1-3-5;/h2*2-3,5-8,11H,4,9-10,12H2,1H3,(H,20,21);2-8H,10H2,1H3;1-5H2;1H2. The van der Waals surface area contributed by atoms with E-state index in [-0.39, 0.29) is 13.5 Å². The number of nitrogens with zero attached hydrogens (tertiary/aromatic N) is 3. The number of nitrogens with one attached hydrogen (secondary N) is 2. The largest absolute Gasteiger partial charge is 0.496 e. The molecule has 0 aliphatic carbocycles. The third kappa shape index (κ3) is 19.7. The van der Waals surface area contributed by atoms with Crippen molar-refractivity contribution in [3.63, 3.8) is 0 Å². The summed E-state index contributed by atoms with van der Waals surface area (Å²) in [5.74, 6) is 7.21. The van der Waals surface area contributed by atoms with Gasteiger partial charge in [0, 0.05) is 68.0 Å². The summed E-state index contributed by atoms with van der Waals surface area (Å²) in [7, 11) is 5.08. The molecule has 0 aromatic heterocycles. The van der Waals surface area contributed by atoms with E-state index in [0.717, 1.165) is 144 Å². The van der Waals surface area contributed by atoms with Gasteiger partial charge in [0.05, 0.1) is 47.6 Å². The number of nitrogens with two attached hydrogens (primary N) is 2. The van der Waals surface area contributed by atoms with Crippen molar-refractivity contribution in [1.82, 2.24) is 10.6 Å². The van der Waals surface area contributed by atoms with Gasteiger partial charge in [0.25, 0.3) is 0 Å². The number of ether oxygens (including phenoxy) is 3. The molecule has 0 saturated carbocycles. The first kappa shape index (κ1) is 59.5. The summed E-state index contributed by atoms with van der Waals surface area (Å²) in [6.07, 6.45) is 3.16. The molecular formula is C54H62Br3N7O3S4. The van der Waals surface area contributed by atoms with E-state index in [4.69, 9.17) is 30.9 Å². The molecule has 8 rings (SSSR count). The van der Waals surface area contributed by atoms with Gasteiger partial charge in [-0.2, -0.15) is 18.8 Å². The molecule has 6 N–H and O–H groups in total. The van der Waals surface area contributed by atoms with E-state index < -0.39 is 0 Å². The lowest BCUT2D eigenvalue weighted by Gasteiger charge is -2.17. The molecule has 2 heterocycles. The van der Waals surface area contributed by atoms with Gasteiger partial charge in [-0.25, -0.2) is 0 Å². The monoisotopic (exact) mass is 1220 g/mol. The Kier molecular flexibility index (Phi) is 28.1. The number of rotatable bonds is 16. The summed E-state index contributed by atoms with van der Waals surface area (Å²) in [6.45, 7) is 5.25. The van der Waals surface area contributed by atoms with Crippen LogP contribution < -0.4 is 36.3 Å². The second kappa shape index (κ2) is 33.6. The van der Waals surface area contributed by atoms with Gasteiger partial charge in [-0.1, -0.05) is 115 Å². The fraction of sp³-hybridized carbons (Fsp3) is 0.278. The maximum absolute atomic E-state index is 9.07. The minimum Gasteiger partial charge on any atom is -0.496 e. The highest BCUT2D eigenvalue weighted by Gasteiger charge is 2.15. The van der Waals surface area contributed by atoms with Crippen LogP contribution in [0.5, 0.6) is 17.2 Å². The number of benzene rings is 6. The molecule has 71 heavy (non-hydrogen) atoms. The van der Waals surface area contributed by atoms with Crippen molar-refractivity contribution in [2.24, 2.45) is 21.5 Å². The molecule has 0 atom stereocenters. The van der Waals surface area contributed by atoms with E-state index >= 15 is 0 Å². The Hall–Kier alpha value is -4.09. The lowest BCUT2D eigenvalue weighted by molar-refractivity contribution is 0.404. The first-order chi connectivity index (χ1) is 34.2. The molecule has 6 aromatic rings. The van der Waals surface area contributed by atoms with Gasteiger partial charge >= 0.3 is 0 Å². The molecule has 0 fully saturated rings. The quantitative estimate of drug-likeness (QED) is 0.0685. The Morgan fingerprint density at radius 2 is 0.915 bits per heavy atom. The number of hydrogen-bond donors (Lipinski definition) is 4. The molecule has 10 nitrogen and oxygen atoms in total. The van der Waals surface area contributed by atoms with Gasteiger partial charge in [-0.3, -0.25) is 9.98 Å². The van der Waals surface area contributed by atoms with Crippen LogP contribution in [-0.4, -0.2) is 72.3 Å². The Morgan fingerprint density at radius 1 is 0.549 bits per heavy atom. The molecule has 376 valence electrons. The van der Waals surface area contributed by atoms with Crippen molar-refractivity contribution in [3.8, 4) is 23.3 Å². The number of hydrogen-bond acceptors (Lipinski definition) is 13. The fourth-order valence-electron chi connectivity index (χ4n) is 6.81. The van der Waals surface area contributed by atoms with Crippen LogP contribution in [0.2, 0.25) is 0 Å². The SMILES string of the molecule is COc1ccc(Br)cc1SCc1ccccc1C#N.COc1ccc(Br)cc1SCc1ccccc1C1=NCCCN1.COc1ccc(Br)cc1SCc1ccccc1C1=NCCCN1.NCCCN.S. The van der Waals surface area contributed by atoms with Crippen LogP contribution in [0.15, 0.2) is 165 Å². The van der Waals surface area contributed by atoms with E-state index in [1.165, 1.54) is 22.3 Å². The van der Waals surface area contributed by atoms with Crippen molar-refractivity contribution < 1.29 is 14.2 Å². The lowest BCUT2D eigenvalue weighted by atomic mass is 10.1. The molecule has 0 amide bonds. The van der Waals surface area contributed by atoms with E-state index in [0.29, 0.717) is 0 Å². The van der Waals surface area contributed by atoms with E-state index in [1.54, 1.807) is 56.6 Å². The van der Waals surface area contributed by atoms with Gasteiger partial charge in [-0.05, 0) is 110 Å². The smallest absolute Gasteiger partial charge is 0.132 e. The van der Waals surface area contributed by atoms with Gasteiger partial charge in [0.2, 0.25) is 0 Å². The molecule has 0 unspecified atom stereocenters. The maximum atomic E-state index is 9.07. The number of methoxy groups -OCH3 is 3. The summed E-state index contributed by atoms with van der Waals surface area (Å²) in [4.78, 5) is 12.6.